The molecule has 7 heteroatoms. The minimum atomic E-state index is -0.0516. The summed E-state index contributed by atoms with van der Waals surface area (Å²) in [6.07, 6.45) is 7.20. The van der Waals surface area contributed by atoms with E-state index in [0.29, 0.717) is 25.0 Å². The zero-order valence-corrected chi connectivity index (χ0v) is 16.0. The van der Waals surface area contributed by atoms with Crippen LogP contribution in [0.4, 0.5) is 5.82 Å². The van der Waals surface area contributed by atoms with Crippen molar-refractivity contribution in [1.29, 1.82) is 0 Å². The number of fused-ring (bicyclic) bond motifs is 1. The molecular formula is C21H24N6O. The molecule has 2 aliphatic rings. The molecule has 2 aliphatic heterocycles. The molecule has 0 aliphatic carbocycles. The van der Waals surface area contributed by atoms with Gasteiger partial charge in [0.25, 0.3) is 5.91 Å². The summed E-state index contributed by atoms with van der Waals surface area (Å²) in [6.45, 7) is 4.60. The quantitative estimate of drug-likeness (QED) is 0.760. The number of rotatable bonds is 3. The van der Waals surface area contributed by atoms with Crippen LogP contribution in [0.15, 0.2) is 36.7 Å². The third-order valence-corrected chi connectivity index (χ3v) is 5.93. The maximum atomic E-state index is 12.8. The zero-order chi connectivity index (χ0) is 19.1. The van der Waals surface area contributed by atoms with Crippen molar-refractivity contribution >= 4 is 22.8 Å². The fraction of sp³-hybridized carbons (Fsp3) is 0.429. The van der Waals surface area contributed by atoms with E-state index in [9.17, 15) is 4.79 Å². The van der Waals surface area contributed by atoms with E-state index < -0.39 is 0 Å². The van der Waals surface area contributed by atoms with Crippen LogP contribution in [0.1, 0.15) is 48.4 Å². The number of likely N-dealkylation sites (tertiary alicyclic amines) is 1. The van der Waals surface area contributed by atoms with Gasteiger partial charge in [0.1, 0.15) is 0 Å². The van der Waals surface area contributed by atoms with Gasteiger partial charge in [0.15, 0.2) is 11.6 Å². The number of carbonyl (C=O) groups excluding carboxylic acids is 1. The van der Waals surface area contributed by atoms with Crippen molar-refractivity contribution in [1.82, 2.24) is 24.8 Å². The molecule has 1 atom stereocenters. The summed E-state index contributed by atoms with van der Waals surface area (Å²) in [7, 11) is 0. The van der Waals surface area contributed by atoms with Crippen LogP contribution in [0, 0.1) is 0 Å². The summed E-state index contributed by atoms with van der Waals surface area (Å²) in [5.74, 6) is 1.58. The van der Waals surface area contributed by atoms with Gasteiger partial charge in [0.05, 0.1) is 16.7 Å². The van der Waals surface area contributed by atoms with E-state index in [2.05, 4.69) is 31.8 Å². The number of nitrogens with one attached hydrogen (secondary N) is 1. The van der Waals surface area contributed by atoms with Crippen molar-refractivity contribution in [3.8, 4) is 0 Å². The van der Waals surface area contributed by atoms with E-state index in [1.165, 1.54) is 19.3 Å². The van der Waals surface area contributed by atoms with Gasteiger partial charge in [-0.3, -0.25) is 9.78 Å². The Morgan fingerprint density at radius 3 is 2.79 bits per heavy atom. The van der Waals surface area contributed by atoms with Crippen LogP contribution < -0.4 is 4.90 Å². The second-order valence-corrected chi connectivity index (χ2v) is 7.81. The van der Waals surface area contributed by atoms with Crippen molar-refractivity contribution < 1.29 is 4.79 Å². The molecule has 0 spiro atoms. The summed E-state index contributed by atoms with van der Waals surface area (Å²) >= 11 is 0. The van der Waals surface area contributed by atoms with Crippen LogP contribution in [0.3, 0.4) is 0 Å². The second kappa shape index (κ2) is 6.89. The highest BCUT2D eigenvalue weighted by Gasteiger charge is 2.37. The smallest absolute Gasteiger partial charge is 0.289 e. The number of hydrogen-bond donors (Lipinski definition) is 1. The van der Waals surface area contributed by atoms with E-state index in [4.69, 9.17) is 0 Å². The number of benzene rings is 1. The Morgan fingerprint density at radius 2 is 1.96 bits per heavy atom. The second-order valence-electron chi connectivity index (χ2n) is 7.81. The van der Waals surface area contributed by atoms with Crippen LogP contribution >= 0.6 is 0 Å². The third kappa shape index (κ3) is 2.91. The first-order valence-corrected chi connectivity index (χ1v) is 10.0. The Labute approximate surface area is 163 Å². The maximum Gasteiger partial charge on any atom is 0.289 e. The van der Waals surface area contributed by atoms with Gasteiger partial charge < -0.3 is 14.8 Å². The number of aromatic amines is 1. The van der Waals surface area contributed by atoms with Gasteiger partial charge in [-0.05, 0) is 38.3 Å². The van der Waals surface area contributed by atoms with E-state index in [1.807, 2.05) is 29.2 Å². The maximum absolute atomic E-state index is 12.8. The number of amides is 1. The Kier molecular flexibility index (Phi) is 4.22. The van der Waals surface area contributed by atoms with Crippen LogP contribution in [0.2, 0.25) is 0 Å². The Bertz CT molecular complexity index is 976. The average molecular weight is 376 g/mol. The van der Waals surface area contributed by atoms with E-state index in [1.54, 1.807) is 12.4 Å². The number of piperidine rings is 1. The summed E-state index contributed by atoms with van der Waals surface area (Å²) in [6, 6.07) is 8.19. The highest BCUT2D eigenvalue weighted by molar-refractivity contribution is 5.94. The molecule has 0 bridgehead atoms. The average Bonchev–Trinajstić information content (AvgIpc) is 3.12. The minimum Gasteiger partial charge on any atom is -0.352 e. The molecule has 2 saturated heterocycles. The summed E-state index contributed by atoms with van der Waals surface area (Å²) in [5.41, 5.74) is 2.72. The molecule has 0 saturated carbocycles. The summed E-state index contributed by atoms with van der Waals surface area (Å²) in [5, 5.41) is 0. The summed E-state index contributed by atoms with van der Waals surface area (Å²) < 4.78 is 0. The largest absolute Gasteiger partial charge is 0.352 e. The number of H-pyrrole nitrogens is 1. The van der Waals surface area contributed by atoms with Crippen molar-refractivity contribution in [2.45, 2.75) is 38.1 Å². The Hall–Kier alpha value is -2.96. The fourth-order valence-electron chi connectivity index (χ4n) is 4.28. The van der Waals surface area contributed by atoms with Crippen molar-refractivity contribution in [2.75, 3.05) is 24.5 Å². The van der Waals surface area contributed by atoms with Gasteiger partial charge in [-0.1, -0.05) is 12.1 Å². The van der Waals surface area contributed by atoms with E-state index >= 15 is 0 Å². The van der Waals surface area contributed by atoms with Crippen LogP contribution in [0.25, 0.3) is 11.0 Å². The van der Waals surface area contributed by atoms with E-state index in [0.717, 1.165) is 29.1 Å². The lowest BCUT2D eigenvalue weighted by molar-refractivity contribution is 0.0587. The van der Waals surface area contributed by atoms with Gasteiger partial charge in [0.2, 0.25) is 0 Å². The standard InChI is InChI=1S/C21H24N6O/c1-14-6-4-5-11-27(14)20-18(22-9-10-23-20)15-12-26(13-15)21(28)19-24-16-7-2-3-8-17(16)25-19/h2-3,7-10,14-15H,4-6,11-13H2,1H3,(H,24,25)/t14-/m0/s1. The number of hydrogen-bond acceptors (Lipinski definition) is 5. The van der Waals surface area contributed by atoms with Crippen LogP contribution in [0.5, 0.6) is 0 Å². The molecule has 28 heavy (non-hydrogen) atoms. The molecule has 2 fully saturated rings. The lowest BCUT2D eigenvalue weighted by Crippen LogP contribution is -2.50. The number of para-hydroxylation sites is 2. The molecule has 0 unspecified atom stereocenters. The molecule has 3 aromatic rings. The SMILES string of the molecule is C[C@H]1CCCCN1c1nccnc1C1CN(C(=O)c2nc3ccccc3[nH]2)C1. The predicted octanol–water partition coefficient (Wildman–Crippen LogP) is 2.97. The predicted molar refractivity (Wildman–Crippen MR) is 107 cm³/mol. The fourth-order valence-corrected chi connectivity index (χ4v) is 4.28. The van der Waals surface area contributed by atoms with Gasteiger partial charge in [-0.15, -0.1) is 0 Å². The number of imidazole rings is 1. The number of aromatic nitrogens is 4. The molecule has 1 N–H and O–H groups in total. The number of carbonyl (C=O) groups is 1. The topological polar surface area (TPSA) is 78.0 Å². The highest BCUT2D eigenvalue weighted by atomic mass is 16.2. The first kappa shape index (κ1) is 17.2. The molecule has 0 radical (unpaired) electrons. The van der Waals surface area contributed by atoms with Crippen LogP contribution in [-0.2, 0) is 0 Å². The number of anilines is 1. The molecular weight excluding hydrogens is 352 g/mol. The van der Waals surface area contributed by atoms with E-state index in [-0.39, 0.29) is 11.8 Å². The Morgan fingerprint density at radius 1 is 1.14 bits per heavy atom. The lowest BCUT2D eigenvalue weighted by atomic mass is 9.94. The van der Waals surface area contributed by atoms with Crippen molar-refractivity contribution in [2.24, 2.45) is 0 Å². The Balaban J connectivity index is 1.32. The molecule has 4 heterocycles. The van der Waals surface area contributed by atoms with Crippen LogP contribution in [-0.4, -0.2) is 56.4 Å². The van der Waals surface area contributed by atoms with Gasteiger partial charge in [0, 0.05) is 44.0 Å². The monoisotopic (exact) mass is 376 g/mol. The van der Waals surface area contributed by atoms with Gasteiger partial charge >= 0.3 is 0 Å². The summed E-state index contributed by atoms with van der Waals surface area (Å²) in [4.78, 5) is 33.9. The molecule has 144 valence electrons. The number of nitrogens with zero attached hydrogens (tertiary/aromatic N) is 5. The zero-order valence-electron chi connectivity index (χ0n) is 16.0. The molecule has 1 amide bonds. The highest BCUT2D eigenvalue weighted by Crippen LogP contribution is 2.34. The van der Waals surface area contributed by atoms with Crippen molar-refractivity contribution in [3.63, 3.8) is 0 Å². The first-order chi connectivity index (χ1) is 13.7. The molecule has 1 aromatic carbocycles. The lowest BCUT2D eigenvalue weighted by Gasteiger charge is -2.41. The normalized spacial score (nSPS) is 20.4. The van der Waals surface area contributed by atoms with Gasteiger partial charge in [-0.2, -0.15) is 0 Å². The third-order valence-electron chi connectivity index (χ3n) is 5.93. The molecule has 2 aromatic heterocycles. The minimum absolute atomic E-state index is 0.0516. The first-order valence-electron chi connectivity index (χ1n) is 10.0. The molecule has 7 nitrogen and oxygen atoms in total. The molecule has 5 rings (SSSR count). The van der Waals surface area contributed by atoms with Crippen molar-refractivity contribution in [3.05, 3.63) is 48.2 Å². The van der Waals surface area contributed by atoms with Gasteiger partial charge in [-0.25, -0.2) is 9.97 Å².